The first-order chi connectivity index (χ1) is 15.0. The summed E-state index contributed by atoms with van der Waals surface area (Å²) in [6, 6.07) is 15.4. The first kappa shape index (κ1) is 21.3. The number of carbonyl (C=O) groups excluding carboxylic acids is 2. The van der Waals surface area contributed by atoms with Gasteiger partial charge in [-0.1, -0.05) is 40.2 Å². The lowest BCUT2D eigenvalue weighted by Crippen LogP contribution is -2.30. The van der Waals surface area contributed by atoms with E-state index in [0.717, 1.165) is 46.2 Å². The molecule has 2 N–H and O–H groups in total. The summed E-state index contributed by atoms with van der Waals surface area (Å²) in [6.07, 6.45) is 3.51. The van der Waals surface area contributed by atoms with Gasteiger partial charge in [0.2, 0.25) is 0 Å². The minimum absolute atomic E-state index is 0.123. The normalized spacial score (nSPS) is 12.5. The molecule has 3 aromatic rings. The van der Waals surface area contributed by atoms with E-state index in [4.69, 9.17) is 0 Å². The van der Waals surface area contributed by atoms with Crippen LogP contribution in [0.5, 0.6) is 0 Å². The Balaban J connectivity index is 1.34. The maximum absolute atomic E-state index is 12.8. The van der Waals surface area contributed by atoms with Gasteiger partial charge in [-0.2, -0.15) is 5.10 Å². The van der Waals surface area contributed by atoms with Crippen LogP contribution in [0.25, 0.3) is 5.69 Å². The molecule has 0 saturated carbocycles. The topological polar surface area (TPSA) is 76.0 Å². The Morgan fingerprint density at radius 1 is 1.03 bits per heavy atom. The highest BCUT2D eigenvalue weighted by Gasteiger charge is 2.27. The highest BCUT2D eigenvalue weighted by atomic mass is 79.9. The predicted octanol–water partition coefficient (Wildman–Crippen LogP) is 3.98. The van der Waals surface area contributed by atoms with Gasteiger partial charge in [-0.25, -0.2) is 4.68 Å². The Kier molecular flexibility index (Phi) is 6.51. The van der Waals surface area contributed by atoms with Crippen LogP contribution in [0.15, 0.2) is 53.0 Å². The van der Waals surface area contributed by atoms with Gasteiger partial charge >= 0.3 is 0 Å². The van der Waals surface area contributed by atoms with Gasteiger partial charge in [-0.15, -0.1) is 0 Å². The first-order valence-corrected chi connectivity index (χ1v) is 11.3. The van der Waals surface area contributed by atoms with Crippen molar-refractivity contribution >= 4 is 27.7 Å². The fourth-order valence-electron chi connectivity index (χ4n) is 3.93. The maximum Gasteiger partial charge on any atom is 0.272 e. The van der Waals surface area contributed by atoms with E-state index in [2.05, 4.69) is 44.7 Å². The van der Waals surface area contributed by atoms with E-state index in [1.54, 1.807) is 12.1 Å². The average molecular weight is 481 g/mol. The molecule has 0 fully saturated rings. The summed E-state index contributed by atoms with van der Waals surface area (Å²) in [5, 5.41) is 10.5. The van der Waals surface area contributed by atoms with E-state index in [1.807, 2.05) is 35.0 Å². The highest BCUT2D eigenvalue weighted by molar-refractivity contribution is 9.10. The molecule has 6 nitrogen and oxygen atoms in total. The number of halogens is 1. The molecule has 2 amide bonds. The molecule has 160 valence electrons. The summed E-state index contributed by atoms with van der Waals surface area (Å²) in [6.45, 7) is 3.02. The fourth-order valence-corrected chi connectivity index (χ4v) is 4.33. The summed E-state index contributed by atoms with van der Waals surface area (Å²) in [7, 11) is 0. The van der Waals surface area contributed by atoms with Crippen molar-refractivity contribution in [3.8, 4) is 5.69 Å². The Hall–Kier alpha value is -2.93. The Labute approximate surface area is 190 Å². The SMILES string of the molecule is Cc1ccccc1-n1nc(C(=O)NCCCNC(=O)c2cccc(Br)c2)c2c1CCC2. The number of aryl methyl sites for hydroxylation is 1. The number of nitrogens with zero attached hydrogens (tertiary/aromatic N) is 2. The van der Waals surface area contributed by atoms with Crippen molar-refractivity contribution in [1.82, 2.24) is 20.4 Å². The number of nitrogens with one attached hydrogen (secondary N) is 2. The lowest BCUT2D eigenvalue weighted by molar-refractivity contribution is 0.0946. The van der Waals surface area contributed by atoms with Gasteiger partial charge in [0.1, 0.15) is 0 Å². The van der Waals surface area contributed by atoms with Crippen molar-refractivity contribution < 1.29 is 9.59 Å². The van der Waals surface area contributed by atoms with Crippen molar-refractivity contribution in [2.45, 2.75) is 32.6 Å². The third kappa shape index (κ3) is 4.71. The van der Waals surface area contributed by atoms with Crippen molar-refractivity contribution in [2.24, 2.45) is 0 Å². The minimum atomic E-state index is -0.149. The number of fused-ring (bicyclic) bond motifs is 1. The van der Waals surface area contributed by atoms with Crippen LogP contribution >= 0.6 is 15.9 Å². The smallest absolute Gasteiger partial charge is 0.272 e. The maximum atomic E-state index is 12.8. The van der Waals surface area contributed by atoms with Crippen LogP contribution in [0.4, 0.5) is 0 Å². The molecule has 0 spiro atoms. The third-order valence-corrected chi connectivity index (χ3v) is 5.99. The molecule has 0 radical (unpaired) electrons. The molecule has 0 bridgehead atoms. The number of hydrogen-bond donors (Lipinski definition) is 2. The zero-order chi connectivity index (χ0) is 21.8. The summed E-state index contributed by atoms with van der Waals surface area (Å²) in [5.74, 6) is -0.272. The molecule has 31 heavy (non-hydrogen) atoms. The van der Waals surface area contributed by atoms with Gasteiger partial charge in [0.15, 0.2) is 5.69 Å². The standard InChI is InChI=1S/C24H25BrN4O2/c1-16-7-2-3-11-20(16)29-21-12-5-10-19(21)22(28-29)24(31)27-14-6-13-26-23(30)17-8-4-9-18(25)15-17/h2-4,7-9,11,15H,5-6,10,12-14H2,1H3,(H,26,30)(H,27,31). The lowest BCUT2D eigenvalue weighted by Gasteiger charge is -2.08. The Morgan fingerprint density at radius 3 is 2.58 bits per heavy atom. The Bertz CT molecular complexity index is 1120. The van der Waals surface area contributed by atoms with Crippen molar-refractivity contribution in [2.75, 3.05) is 13.1 Å². The number of rotatable bonds is 7. The second-order valence-corrected chi connectivity index (χ2v) is 8.62. The summed E-state index contributed by atoms with van der Waals surface area (Å²) in [5.41, 5.74) is 5.48. The molecule has 2 aromatic carbocycles. The van der Waals surface area contributed by atoms with Gasteiger partial charge in [0.25, 0.3) is 11.8 Å². The van der Waals surface area contributed by atoms with E-state index < -0.39 is 0 Å². The molecular formula is C24H25BrN4O2. The minimum Gasteiger partial charge on any atom is -0.352 e. The lowest BCUT2D eigenvalue weighted by atomic mass is 10.2. The van der Waals surface area contributed by atoms with E-state index in [9.17, 15) is 9.59 Å². The molecule has 1 aromatic heterocycles. The van der Waals surface area contributed by atoms with Gasteiger partial charge in [0, 0.05) is 34.4 Å². The zero-order valence-corrected chi connectivity index (χ0v) is 19.0. The molecule has 1 aliphatic carbocycles. The number of para-hydroxylation sites is 1. The fraction of sp³-hybridized carbons (Fsp3) is 0.292. The van der Waals surface area contributed by atoms with Gasteiger partial charge < -0.3 is 10.6 Å². The van der Waals surface area contributed by atoms with Crippen LogP contribution < -0.4 is 10.6 Å². The number of aromatic nitrogens is 2. The molecule has 4 rings (SSSR count). The third-order valence-electron chi connectivity index (χ3n) is 5.50. The van der Waals surface area contributed by atoms with Crippen LogP contribution in [0.1, 0.15) is 50.5 Å². The second kappa shape index (κ2) is 9.47. The van der Waals surface area contributed by atoms with E-state index in [0.29, 0.717) is 30.8 Å². The molecule has 0 unspecified atom stereocenters. The molecule has 1 heterocycles. The quantitative estimate of drug-likeness (QED) is 0.502. The number of hydrogen-bond acceptors (Lipinski definition) is 3. The second-order valence-electron chi connectivity index (χ2n) is 7.70. The van der Waals surface area contributed by atoms with E-state index in [1.165, 1.54) is 0 Å². The van der Waals surface area contributed by atoms with Crippen molar-refractivity contribution in [3.05, 3.63) is 81.1 Å². The van der Waals surface area contributed by atoms with Gasteiger partial charge in [-0.3, -0.25) is 9.59 Å². The van der Waals surface area contributed by atoms with Crippen LogP contribution in [0, 0.1) is 6.92 Å². The summed E-state index contributed by atoms with van der Waals surface area (Å²) in [4.78, 5) is 25.0. The highest BCUT2D eigenvalue weighted by Crippen LogP contribution is 2.28. The average Bonchev–Trinajstić information content (AvgIpc) is 3.37. The molecule has 0 aliphatic heterocycles. The Morgan fingerprint density at radius 2 is 1.81 bits per heavy atom. The molecular weight excluding hydrogens is 456 g/mol. The summed E-state index contributed by atoms with van der Waals surface area (Å²) < 4.78 is 2.80. The molecule has 1 aliphatic rings. The van der Waals surface area contributed by atoms with Crippen LogP contribution in [-0.2, 0) is 12.8 Å². The summed E-state index contributed by atoms with van der Waals surface area (Å²) >= 11 is 3.37. The van der Waals surface area contributed by atoms with E-state index in [-0.39, 0.29) is 11.8 Å². The number of amides is 2. The predicted molar refractivity (Wildman–Crippen MR) is 124 cm³/mol. The van der Waals surface area contributed by atoms with Crippen LogP contribution in [0.3, 0.4) is 0 Å². The number of benzene rings is 2. The van der Waals surface area contributed by atoms with E-state index >= 15 is 0 Å². The van der Waals surface area contributed by atoms with Gasteiger partial charge in [-0.05, 0) is 62.4 Å². The van der Waals surface area contributed by atoms with Crippen LogP contribution in [-0.4, -0.2) is 34.7 Å². The van der Waals surface area contributed by atoms with Crippen molar-refractivity contribution in [3.63, 3.8) is 0 Å². The molecule has 0 saturated heterocycles. The van der Waals surface area contributed by atoms with Gasteiger partial charge in [0.05, 0.1) is 5.69 Å². The van der Waals surface area contributed by atoms with Crippen LogP contribution in [0.2, 0.25) is 0 Å². The molecule has 0 atom stereocenters. The molecule has 7 heteroatoms. The zero-order valence-electron chi connectivity index (χ0n) is 17.5. The number of carbonyl (C=O) groups is 2. The monoisotopic (exact) mass is 480 g/mol. The largest absolute Gasteiger partial charge is 0.352 e. The van der Waals surface area contributed by atoms with Crippen molar-refractivity contribution in [1.29, 1.82) is 0 Å². The first-order valence-electron chi connectivity index (χ1n) is 10.5.